The van der Waals surface area contributed by atoms with Crippen LogP contribution in [0.2, 0.25) is 0 Å². The van der Waals surface area contributed by atoms with Crippen LogP contribution in [0, 0.1) is 5.92 Å². The van der Waals surface area contributed by atoms with Crippen LogP contribution >= 0.6 is 23.1 Å². The summed E-state index contributed by atoms with van der Waals surface area (Å²) in [7, 11) is 0. The number of thiazole rings is 1. The number of para-hydroxylation sites is 1. The zero-order valence-electron chi connectivity index (χ0n) is 22.6. The van der Waals surface area contributed by atoms with Gasteiger partial charge in [0.25, 0.3) is 5.91 Å². The van der Waals surface area contributed by atoms with Gasteiger partial charge in [0.2, 0.25) is 11.8 Å². The van der Waals surface area contributed by atoms with Gasteiger partial charge in [-0.2, -0.15) is 0 Å². The first-order valence-electron chi connectivity index (χ1n) is 13.5. The van der Waals surface area contributed by atoms with Crippen LogP contribution in [-0.4, -0.2) is 78.3 Å². The molecule has 42 heavy (non-hydrogen) atoms. The largest absolute Gasteiger partial charge is 0.483 e. The zero-order valence-corrected chi connectivity index (χ0v) is 24.2. The number of carbonyl (C=O) groups excluding carboxylic acids is 4. The molecule has 3 aromatic rings. The van der Waals surface area contributed by atoms with Crippen molar-refractivity contribution in [3.63, 3.8) is 0 Å². The summed E-state index contributed by atoms with van der Waals surface area (Å²) < 4.78 is 16.4. The Balaban J connectivity index is 1.33. The molecule has 2 fully saturated rings. The van der Waals surface area contributed by atoms with Crippen LogP contribution in [0.25, 0.3) is 0 Å². The van der Waals surface area contributed by atoms with E-state index in [0.717, 1.165) is 16.2 Å². The van der Waals surface area contributed by atoms with E-state index in [1.165, 1.54) is 23.9 Å². The quantitative estimate of drug-likeness (QED) is 0.317. The van der Waals surface area contributed by atoms with Crippen molar-refractivity contribution in [3.05, 3.63) is 74.2 Å². The third-order valence-corrected chi connectivity index (χ3v) is 9.83. The van der Waals surface area contributed by atoms with Crippen molar-refractivity contribution in [2.75, 3.05) is 44.4 Å². The van der Waals surface area contributed by atoms with Crippen molar-refractivity contribution in [1.82, 2.24) is 9.88 Å². The Bertz CT molecular complexity index is 1590. The molecule has 3 aliphatic rings. The second-order valence-corrected chi connectivity index (χ2v) is 12.0. The first-order valence-corrected chi connectivity index (χ1v) is 15.2. The maximum Gasteiger partial charge on any atom is 0.338 e. The summed E-state index contributed by atoms with van der Waals surface area (Å²) >= 11 is 2.17. The van der Waals surface area contributed by atoms with Crippen LogP contribution in [-0.2, 0) is 23.9 Å². The number of aromatic nitrogens is 1. The fraction of sp³-hybridized carbons (Fsp3) is 0.345. The first kappa shape index (κ1) is 28.2. The predicted octanol–water partition coefficient (Wildman–Crippen LogP) is 2.65. The maximum atomic E-state index is 14.1. The first-order chi connectivity index (χ1) is 20.4. The summed E-state index contributed by atoms with van der Waals surface area (Å²) in [6, 6.07) is 13.2. The van der Waals surface area contributed by atoms with E-state index >= 15 is 0 Å². The predicted molar refractivity (Wildman–Crippen MR) is 154 cm³/mol. The highest BCUT2D eigenvalue weighted by atomic mass is 32.2. The Labute approximate surface area is 248 Å². The number of carbonyl (C=O) groups is 4. The number of ether oxygens (including phenoxy) is 3. The van der Waals surface area contributed by atoms with E-state index in [9.17, 15) is 24.0 Å². The number of rotatable bonds is 7. The molecule has 0 radical (unpaired) electrons. The van der Waals surface area contributed by atoms with E-state index in [1.807, 2.05) is 0 Å². The Hall–Kier alpha value is -3.94. The molecular weight excluding hydrogens is 582 g/mol. The molecule has 1 aromatic heterocycles. The minimum Gasteiger partial charge on any atom is -0.483 e. The van der Waals surface area contributed by atoms with E-state index in [0.29, 0.717) is 58.8 Å². The average Bonchev–Trinajstić information content (AvgIpc) is 3.50. The van der Waals surface area contributed by atoms with Crippen molar-refractivity contribution in [3.8, 4) is 5.75 Å². The maximum absolute atomic E-state index is 14.1. The molecule has 0 bridgehead atoms. The number of benzene rings is 2. The molecular formula is C29H27N3O8S2. The summed E-state index contributed by atoms with van der Waals surface area (Å²) in [6.45, 7) is 3.65. The van der Waals surface area contributed by atoms with Crippen molar-refractivity contribution in [2.24, 2.45) is 5.92 Å². The Morgan fingerprint density at radius 2 is 1.76 bits per heavy atom. The van der Waals surface area contributed by atoms with Gasteiger partial charge in [-0.25, -0.2) is 9.69 Å². The van der Waals surface area contributed by atoms with E-state index in [4.69, 9.17) is 14.2 Å². The van der Waals surface area contributed by atoms with Gasteiger partial charge in [0.15, 0.2) is 6.61 Å². The molecule has 3 amide bonds. The van der Waals surface area contributed by atoms with Gasteiger partial charge in [-0.05, 0) is 37.3 Å². The lowest BCUT2D eigenvalue weighted by Gasteiger charge is -2.31. The number of amides is 3. The molecule has 0 spiro atoms. The van der Waals surface area contributed by atoms with Gasteiger partial charge in [0.1, 0.15) is 11.0 Å². The zero-order chi connectivity index (χ0) is 29.4. The minimum atomic E-state index is -0.828. The SMILES string of the molecule is CCOC(=O)c1ccc(N2C(=O)C3Sc4[nH]c(=O)sc4[C@H](c4ccccc4OCC(=O)N4CCOCC4)C3C2=O)cc1. The van der Waals surface area contributed by atoms with Gasteiger partial charge in [-0.3, -0.25) is 19.2 Å². The molecule has 6 rings (SSSR count). The van der Waals surface area contributed by atoms with Crippen molar-refractivity contribution in [1.29, 1.82) is 0 Å². The number of nitrogens with one attached hydrogen (secondary N) is 1. The number of anilines is 1. The van der Waals surface area contributed by atoms with Crippen LogP contribution < -0.4 is 14.5 Å². The lowest BCUT2D eigenvalue weighted by atomic mass is 9.82. The standard InChI is InChI=1S/C29H27N3O8S2/c1-2-39-28(36)16-7-9-17(10-8-16)32-26(34)22-21(23-25(30-29(37)42-23)41-24(22)27(32)35)18-5-3-4-6-19(18)40-15-20(33)31-11-13-38-14-12-31/h3-10,21-22,24H,2,11-15H2,1H3,(H,30,37)/t21-,22?,24?/m1/s1. The molecule has 4 heterocycles. The Morgan fingerprint density at radius 1 is 1.02 bits per heavy atom. The minimum absolute atomic E-state index is 0.179. The van der Waals surface area contributed by atoms with Gasteiger partial charge in [-0.15, -0.1) is 0 Å². The number of H-pyrrole nitrogens is 1. The highest BCUT2D eigenvalue weighted by molar-refractivity contribution is 8.00. The number of thioether (sulfide) groups is 1. The third-order valence-electron chi connectivity index (χ3n) is 7.43. The molecule has 3 aliphatic heterocycles. The van der Waals surface area contributed by atoms with Crippen LogP contribution in [0.5, 0.6) is 5.75 Å². The van der Waals surface area contributed by atoms with E-state index < -0.39 is 34.9 Å². The van der Waals surface area contributed by atoms with Crippen LogP contribution in [0.3, 0.4) is 0 Å². The normalized spacial score (nSPS) is 21.6. The molecule has 2 aromatic carbocycles. The number of fused-ring (bicyclic) bond motifs is 2. The molecule has 218 valence electrons. The summed E-state index contributed by atoms with van der Waals surface area (Å²) in [4.78, 5) is 71.2. The van der Waals surface area contributed by atoms with Crippen LogP contribution in [0.15, 0.2) is 58.4 Å². The Morgan fingerprint density at radius 3 is 2.50 bits per heavy atom. The summed E-state index contributed by atoms with van der Waals surface area (Å²) in [5.41, 5.74) is 1.26. The van der Waals surface area contributed by atoms with Gasteiger partial charge < -0.3 is 24.1 Å². The number of nitrogens with zero attached hydrogens (tertiary/aromatic N) is 2. The summed E-state index contributed by atoms with van der Waals surface area (Å²) in [5.74, 6) is -2.60. The molecule has 0 saturated carbocycles. The Kier molecular flexibility index (Phi) is 7.88. The van der Waals surface area contributed by atoms with E-state index in [-0.39, 0.29) is 24.0 Å². The van der Waals surface area contributed by atoms with Gasteiger partial charge in [0.05, 0.1) is 42.0 Å². The van der Waals surface area contributed by atoms with E-state index in [2.05, 4.69) is 4.98 Å². The molecule has 3 atom stereocenters. The number of morpholine rings is 1. The second kappa shape index (κ2) is 11.7. The highest BCUT2D eigenvalue weighted by Gasteiger charge is 2.56. The second-order valence-electron chi connectivity index (χ2n) is 9.85. The number of esters is 1. The monoisotopic (exact) mass is 609 g/mol. The van der Waals surface area contributed by atoms with Crippen molar-refractivity contribution >= 4 is 52.5 Å². The van der Waals surface area contributed by atoms with Crippen molar-refractivity contribution < 1.29 is 33.4 Å². The fourth-order valence-corrected chi connectivity index (χ4v) is 7.99. The summed E-state index contributed by atoms with van der Waals surface area (Å²) in [5, 5.41) is -0.260. The average molecular weight is 610 g/mol. The topological polar surface area (TPSA) is 135 Å². The van der Waals surface area contributed by atoms with Crippen LogP contribution in [0.1, 0.15) is 33.6 Å². The lowest BCUT2D eigenvalue weighted by Crippen LogP contribution is -2.43. The number of hydrogen-bond donors (Lipinski definition) is 1. The van der Waals surface area contributed by atoms with Gasteiger partial charge in [0, 0.05) is 29.4 Å². The molecule has 13 heteroatoms. The highest BCUT2D eigenvalue weighted by Crippen LogP contribution is 2.54. The van der Waals surface area contributed by atoms with Crippen LogP contribution in [0.4, 0.5) is 5.69 Å². The molecule has 11 nitrogen and oxygen atoms in total. The lowest BCUT2D eigenvalue weighted by molar-refractivity contribution is -0.137. The molecule has 1 N–H and O–H groups in total. The summed E-state index contributed by atoms with van der Waals surface area (Å²) in [6.07, 6.45) is 0. The molecule has 2 unspecified atom stereocenters. The van der Waals surface area contributed by atoms with Gasteiger partial charge in [-0.1, -0.05) is 41.3 Å². The smallest absolute Gasteiger partial charge is 0.338 e. The van der Waals surface area contributed by atoms with E-state index in [1.54, 1.807) is 48.2 Å². The fourth-order valence-electron chi connectivity index (χ4n) is 5.48. The number of imide groups is 1. The molecule has 2 saturated heterocycles. The van der Waals surface area contributed by atoms with Crippen molar-refractivity contribution in [2.45, 2.75) is 23.1 Å². The number of aromatic amines is 1. The molecule has 0 aliphatic carbocycles. The third kappa shape index (κ3) is 5.12. The number of hydrogen-bond acceptors (Lipinski definition) is 10. The van der Waals surface area contributed by atoms with Gasteiger partial charge >= 0.3 is 10.8 Å².